The lowest BCUT2D eigenvalue weighted by Gasteiger charge is -2.22. The minimum Gasteiger partial charge on any atom is -0.494 e. The summed E-state index contributed by atoms with van der Waals surface area (Å²) in [5, 5.41) is 9.29. The number of nitrogens with zero attached hydrogens (tertiary/aromatic N) is 1. The SMILES string of the molecule is CCCOc1ccc(CN2CCC[C@H]2CO)cc1. The number of ether oxygens (including phenoxy) is 1. The zero-order valence-electron chi connectivity index (χ0n) is 11.1. The first-order valence-corrected chi connectivity index (χ1v) is 6.90. The zero-order chi connectivity index (χ0) is 12.8. The molecule has 2 rings (SSSR count). The van der Waals surface area contributed by atoms with E-state index >= 15 is 0 Å². The second kappa shape index (κ2) is 6.76. The van der Waals surface area contributed by atoms with E-state index in [1.54, 1.807) is 0 Å². The standard InChI is InChI=1S/C15H23NO2/c1-2-10-18-15-7-5-13(6-8-15)11-16-9-3-4-14(16)12-17/h5-8,14,17H,2-4,9-12H2,1H3/t14-/m0/s1. The lowest BCUT2D eigenvalue weighted by atomic mass is 10.2. The molecule has 0 saturated carbocycles. The zero-order valence-corrected chi connectivity index (χ0v) is 11.1. The maximum Gasteiger partial charge on any atom is 0.119 e. The van der Waals surface area contributed by atoms with Gasteiger partial charge >= 0.3 is 0 Å². The van der Waals surface area contributed by atoms with Crippen LogP contribution in [0.2, 0.25) is 0 Å². The molecule has 1 N–H and O–H groups in total. The Labute approximate surface area is 109 Å². The maximum absolute atomic E-state index is 9.29. The molecule has 3 nitrogen and oxygen atoms in total. The Hall–Kier alpha value is -1.06. The van der Waals surface area contributed by atoms with E-state index in [0.29, 0.717) is 6.04 Å². The molecule has 0 spiro atoms. The molecule has 0 unspecified atom stereocenters. The van der Waals surface area contributed by atoms with Gasteiger partial charge in [0.1, 0.15) is 5.75 Å². The molecule has 1 aromatic carbocycles. The molecule has 1 aliphatic rings. The molecule has 1 aromatic rings. The number of benzene rings is 1. The van der Waals surface area contributed by atoms with Crippen molar-refractivity contribution in [3.05, 3.63) is 29.8 Å². The largest absolute Gasteiger partial charge is 0.494 e. The highest BCUT2D eigenvalue weighted by Crippen LogP contribution is 2.21. The van der Waals surface area contributed by atoms with E-state index in [4.69, 9.17) is 4.74 Å². The van der Waals surface area contributed by atoms with Gasteiger partial charge in [-0.3, -0.25) is 4.90 Å². The quantitative estimate of drug-likeness (QED) is 0.840. The van der Waals surface area contributed by atoms with Crippen molar-refractivity contribution >= 4 is 0 Å². The van der Waals surface area contributed by atoms with Gasteiger partial charge in [0.2, 0.25) is 0 Å². The third kappa shape index (κ3) is 3.47. The molecule has 0 aliphatic carbocycles. The van der Waals surface area contributed by atoms with Gasteiger partial charge in [0, 0.05) is 12.6 Å². The minimum atomic E-state index is 0.275. The van der Waals surface area contributed by atoms with Gasteiger partial charge in [0.25, 0.3) is 0 Å². The Morgan fingerprint density at radius 1 is 1.33 bits per heavy atom. The Morgan fingerprint density at radius 2 is 2.11 bits per heavy atom. The average molecular weight is 249 g/mol. The van der Waals surface area contributed by atoms with Crippen molar-refractivity contribution in [1.29, 1.82) is 0 Å². The fourth-order valence-corrected chi connectivity index (χ4v) is 2.46. The maximum atomic E-state index is 9.29. The predicted molar refractivity (Wildman–Crippen MR) is 72.7 cm³/mol. The second-order valence-corrected chi connectivity index (χ2v) is 4.94. The fourth-order valence-electron chi connectivity index (χ4n) is 2.46. The second-order valence-electron chi connectivity index (χ2n) is 4.94. The fraction of sp³-hybridized carbons (Fsp3) is 0.600. The van der Waals surface area contributed by atoms with Crippen molar-refractivity contribution in [3.63, 3.8) is 0 Å². The Balaban J connectivity index is 1.89. The number of hydrogen-bond donors (Lipinski definition) is 1. The monoisotopic (exact) mass is 249 g/mol. The number of hydrogen-bond acceptors (Lipinski definition) is 3. The van der Waals surface area contributed by atoms with E-state index in [2.05, 4.69) is 24.0 Å². The van der Waals surface area contributed by atoms with E-state index in [1.807, 2.05) is 12.1 Å². The Morgan fingerprint density at radius 3 is 2.78 bits per heavy atom. The Bertz CT molecular complexity index is 350. The highest BCUT2D eigenvalue weighted by atomic mass is 16.5. The molecule has 0 aromatic heterocycles. The van der Waals surface area contributed by atoms with Crippen LogP contribution in [-0.2, 0) is 6.54 Å². The van der Waals surface area contributed by atoms with E-state index in [9.17, 15) is 5.11 Å². The molecule has 18 heavy (non-hydrogen) atoms. The molecule has 0 amide bonds. The van der Waals surface area contributed by atoms with Crippen LogP contribution in [0.5, 0.6) is 5.75 Å². The van der Waals surface area contributed by atoms with Crippen molar-refractivity contribution in [3.8, 4) is 5.75 Å². The molecule has 1 saturated heterocycles. The van der Waals surface area contributed by atoms with Gasteiger partial charge in [-0.25, -0.2) is 0 Å². The summed E-state index contributed by atoms with van der Waals surface area (Å²) in [6.45, 7) is 5.19. The van der Waals surface area contributed by atoms with E-state index < -0.39 is 0 Å². The molecule has 100 valence electrons. The summed E-state index contributed by atoms with van der Waals surface area (Å²) in [6.07, 6.45) is 3.35. The molecule has 1 aliphatic heterocycles. The molecule has 3 heteroatoms. The van der Waals surface area contributed by atoms with Crippen LogP contribution in [0, 0.1) is 0 Å². The van der Waals surface area contributed by atoms with Crippen LogP contribution in [-0.4, -0.2) is 35.8 Å². The van der Waals surface area contributed by atoms with Gasteiger partial charge in [0.05, 0.1) is 13.2 Å². The minimum absolute atomic E-state index is 0.275. The molecule has 0 radical (unpaired) electrons. The van der Waals surface area contributed by atoms with Gasteiger partial charge in [-0.15, -0.1) is 0 Å². The van der Waals surface area contributed by atoms with Gasteiger partial charge in [-0.1, -0.05) is 19.1 Å². The van der Waals surface area contributed by atoms with Crippen molar-refractivity contribution < 1.29 is 9.84 Å². The lowest BCUT2D eigenvalue weighted by Crippen LogP contribution is -2.31. The average Bonchev–Trinajstić information content (AvgIpc) is 2.85. The summed E-state index contributed by atoms with van der Waals surface area (Å²) in [7, 11) is 0. The summed E-state index contributed by atoms with van der Waals surface area (Å²) in [4.78, 5) is 2.36. The normalized spacial score (nSPS) is 20.2. The summed E-state index contributed by atoms with van der Waals surface area (Å²) < 4.78 is 5.57. The molecule has 1 fully saturated rings. The van der Waals surface area contributed by atoms with Crippen LogP contribution in [0.1, 0.15) is 31.7 Å². The number of aliphatic hydroxyl groups excluding tert-OH is 1. The van der Waals surface area contributed by atoms with Gasteiger partial charge < -0.3 is 9.84 Å². The van der Waals surface area contributed by atoms with E-state index in [1.165, 1.54) is 12.0 Å². The summed E-state index contributed by atoms with van der Waals surface area (Å²) in [5.74, 6) is 0.945. The van der Waals surface area contributed by atoms with Crippen LogP contribution in [0.3, 0.4) is 0 Å². The van der Waals surface area contributed by atoms with Crippen molar-refractivity contribution in [2.45, 2.75) is 38.8 Å². The van der Waals surface area contributed by atoms with Gasteiger partial charge in [-0.2, -0.15) is 0 Å². The van der Waals surface area contributed by atoms with Gasteiger partial charge in [0.15, 0.2) is 0 Å². The third-order valence-corrected chi connectivity index (χ3v) is 3.49. The number of likely N-dealkylation sites (tertiary alicyclic amines) is 1. The van der Waals surface area contributed by atoms with Crippen LogP contribution in [0.25, 0.3) is 0 Å². The first kappa shape index (κ1) is 13.4. The third-order valence-electron chi connectivity index (χ3n) is 3.49. The van der Waals surface area contributed by atoms with Crippen LogP contribution >= 0.6 is 0 Å². The number of aliphatic hydroxyl groups is 1. The van der Waals surface area contributed by atoms with E-state index in [-0.39, 0.29) is 6.61 Å². The molecule has 1 atom stereocenters. The van der Waals surface area contributed by atoms with Crippen molar-refractivity contribution in [1.82, 2.24) is 4.90 Å². The predicted octanol–water partition coefficient (Wildman–Crippen LogP) is 2.43. The summed E-state index contributed by atoms with van der Waals surface area (Å²) >= 11 is 0. The van der Waals surface area contributed by atoms with E-state index in [0.717, 1.165) is 38.3 Å². The molecule has 1 heterocycles. The topological polar surface area (TPSA) is 32.7 Å². The smallest absolute Gasteiger partial charge is 0.119 e. The highest BCUT2D eigenvalue weighted by Gasteiger charge is 2.23. The van der Waals surface area contributed by atoms with Crippen molar-refractivity contribution in [2.75, 3.05) is 19.8 Å². The van der Waals surface area contributed by atoms with Gasteiger partial charge in [-0.05, 0) is 43.5 Å². The molecular weight excluding hydrogens is 226 g/mol. The van der Waals surface area contributed by atoms with Crippen molar-refractivity contribution in [2.24, 2.45) is 0 Å². The summed E-state index contributed by atoms with van der Waals surface area (Å²) in [5.41, 5.74) is 1.29. The molecule has 0 bridgehead atoms. The number of rotatable bonds is 6. The lowest BCUT2D eigenvalue weighted by molar-refractivity contribution is 0.153. The van der Waals surface area contributed by atoms with Crippen LogP contribution in [0.15, 0.2) is 24.3 Å². The van der Waals surface area contributed by atoms with Crippen LogP contribution < -0.4 is 4.74 Å². The highest BCUT2D eigenvalue weighted by molar-refractivity contribution is 5.27. The first-order valence-electron chi connectivity index (χ1n) is 6.90. The van der Waals surface area contributed by atoms with Crippen LogP contribution in [0.4, 0.5) is 0 Å². The Kier molecular flexibility index (Phi) is 5.02. The molecular formula is C15H23NO2. The first-order chi connectivity index (χ1) is 8.83. The summed E-state index contributed by atoms with van der Waals surface area (Å²) in [6, 6.07) is 8.67.